The van der Waals surface area contributed by atoms with Crippen molar-refractivity contribution in [1.29, 1.82) is 0 Å². The summed E-state index contributed by atoms with van der Waals surface area (Å²) in [5.74, 6) is 0.110. The Bertz CT molecular complexity index is 1130. The molecule has 2 aromatic heterocycles. The topological polar surface area (TPSA) is 60.2 Å². The summed E-state index contributed by atoms with van der Waals surface area (Å²) in [4.78, 5) is 18.5. The number of carbonyl (C=O) groups is 1. The minimum atomic E-state index is 0.110. The maximum absolute atomic E-state index is 12.1. The number of aromatic nitrogens is 3. The van der Waals surface area contributed by atoms with Crippen LogP contribution in [0.4, 0.5) is 0 Å². The van der Waals surface area contributed by atoms with Gasteiger partial charge < -0.3 is 9.64 Å². The molecule has 2 aliphatic rings. The van der Waals surface area contributed by atoms with Crippen molar-refractivity contribution in [2.75, 3.05) is 19.8 Å². The highest BCUT2D eigenvalue weighted by molar-refractivity contribution is 6.00. The molecule has 1 saturated heterocycles. The molecule has 0 N–H and O–H groups in total. The predicted octanol–water partition coefficient (Wildman–Crippen LogP) is 4.00. The molecule has 1 aromatic carbocycles. The zero-order chi connectivity index (χ0) is 20.7. The lowest BCUT2D eigenvalue weighted by Crippen LogP contribution is -2.35. The number of carbonyl (C=O) groups excluding carboxylic acids is 1. The smallest absolute Gasteiger partial charge is 0.219 e. The predicted molar refractivity (Wildman–Crippen MR) is 117 cm³/mol. The molecule has 0 radical (unpaired) electrons. The molecule has 5 rings (SSSR count). The fourth-order valence-electron chi connectivity index (χ4n) is 4.75. The van der Waals surface area contributed by atoms with Crippen LogP contribution in [0.3, 0.4) is 0 Å². The Kier molecular flexibility index (Phi) is 4.87. The molecule has 4 heterocycles. The first kappa shape index (κ1) is 19.0. The summed E-state index contributed by atoms with van der Waals surface area (Å²) in [5, 5.41) is 7.34. The van der Waals surface area contributed by atoms with Crippen LogP contribution >= 0.6 is 0 Å². The van der Waals surface area contributed by atoms with Crippen LogP contribution in [0.1, 0.15) is 42.6 Å². The van der Waals surface area contributed by atoms with E-state index in [9.17, 15) is 4.79 Å². The normalized spacial score (nSPS) is 17.2. The van der Waals surface area contributed by atoms with Crippen LogP contribution in [-0.2, 0) is 22.5 Å². The van der Waals surface area contributed by atoms with E-state index in [1.165, 1.54) is 11.3 Å². The summed E-state index contributed by atoms with van der Waals surface area (Å²) in [6.07, 6.45) is 8.37. The van der Waals surface area contributed by atoms with Crippen LogP contribution in [0.25, 0.3) is 28.1 Å². The van der Waals surface area contributed by atoms with Gasteiger partial charge in [0.25, 0.3) is 0 Å². The Morgan fingerprint density at radius 3 is 2.83 bits per heavy atom. The van der Waals surface area contributed by atoms with Gasteiger partial charge in [-0.25, -0.2) is 0 Å². The van der Waals surface area contributed by atoms with E-state index in [1.54, 1.807) is 6.92 Å². The molecule has 154 valence electrons. The molecule has 0 saturated carbocycles. The van der Waals surface area contributed by atoms with Crippen LogP contribution in [-0.4, -0.2) is 45.3 Å². The van der Waals surface area contributed by atoms with Crippen molar-refractivity contribution in [2.45, 2.75) is 38.8 Å². The minimum Gasteiger partial charge on any atom is -0.381 e. The highest BCUT2D eigenvalue weighted by Crippen LogP contribution is 2.37. The van der Waals surface area contributed by atoms with Crippen LogP contribution < -0.4 is 0 Å². The highest BCUT2D eigenvalue weighted by atomic mass is 16.5. The highest BCUT2D eigenvalue weighted by Gasteiger charge is 2.30. The van der Waals surface area contributed by atoms with E-state index in [2.05, 4.69) is 34.4 Å². The SMILES string of the molecule is C=Cc1cncc2c(-c3nn(C4CCOCC4)c4c3CN(C(C)=O)CC4)cccc12. The first-order valence-corrected chi connectivity index (χ1v) is 10.6. The van der Waals surface area contributed by atoms with Crippen molar-refractivity contribution in [3.63, 3.8) is 0 Å². The van der Waals surface area contributed by atoms with Crippen molar-refractivity contribution in [2.24, 2.45) is 0 Å². The number of hydrogen-bond donors (Lipinski definition) is 0. The van der Waals surface area contributed by atoms with Crippen molar-refractivity contribution in [1.82, 2.24) is 19.7 Å². The standard InChI is InChI=1S/C24H26N4O2/c1-3-17-13-25-14-21-19(17)5-4-6-20(21)24-22-15-27(16(2)29)10-7-23(22)28(26-24)18-8-11-30-12-9-18/h3-6,13-14,18H,1,7-12,15H2,2H3. The Balaban J connectivity index is 1.70. The summed E-state index contributed by atoms with van der Waals surface area (Å²) < 4.78 is 7.81. The molecule has 0 spiro atoms. The van der Waals surface area contributed by atoms with Crippen LogP contribution in [0.15, 0.2) is 37.2 Å². The van der Waals surface area contributed by atoms with Gasteiger partial charge in [0.2, 0.25) is 5.91 Å². The van der Waals surface area contributed by atoms with Gasteiger partial charge in [0, 0.05) is 79.8 Å². The second-order valence-corrected chi connectivity index (χ2v) is 8.09. The van der Waals surface area contributed by atoms with Crippen LogP contribution in [0.2, 0.25) is 0 Å². The Morgan fingerprint density at radius 1 is 1.23 bits per heavy atom. The molecule has 0 bridgehead atoms. The van der Waals surface area contributed by atoms with Gasteiger partial charge in [-0.3, -0.25) is 14.5 Å². The minimum absolute atomic E-state index is 0.110. The number of hydrogen-bond acceptors (Lipinski definition) is 4. The van der Waals surface area contributed by atoms with Gasteiger partial charge in [0.1, 0.15) is 0 Å². The maximum Gasteiger partial charge on any atom is 0.219 e. The lowest BCUT2D eigenvalue weighted by molar-refractivity contribution is -0.129. The number of ether oxygens (including phenoxy) is 1. The Morgan fingerprint density at radius 2 is 2.07 bits per heavy atom. The number of fused-ring (bicyclic) bond motifs is 2. The fourth-order valence-corrected chi connectivity index (χ4v) is 4.75. The van der Waals surface area contributed by atoms with Gasteiger partial charge in [0.05, 0.1) is 11.7 Å². The van der Waals surface area contributed by atoms with Crippen molar-refractivity contribution >= 4 is 22.8 Å². The second kappa shape index (κ2) is 7.69. The average Bonchev–Trinajstić information content (AvgIpc) is 3.17. The number of rotatable bonds is 3. The number of nitrogens with zero attached hydrogens (tertiary/aromatic N) is 4. The van der Waals surface area contributed by atoms with Crippen molar-refractivity contribution < 1.29 is 9.53 Å². The summed E-state index contributed by atoms with van der Waals surface area (Å²) in [7, 11) is 0. The van der Waals surface area contributed by atoms with E-state index in [0.717, 1.165) is 66.6 Å². The Hall–Kier alpha value is -2.99. The summed E-state index contributed by atoms with van der Waals surface area (Å²) in [5.41, 5.74) is 5.48. The molecule has 0 unspecified atom stereocenters. The molecular weight excluding hydrogens is 376 g/mol. The monoisotopic (exact) mass is 402 g/mol. The molecule has 0 atom stereocenters. The molecule has 30 heavy (non-hydrogen) atoms. The molecule has 1 amide bonds. The quantitative estimate of drug-likeness (QED) is 0.664. The largest absolute Gasteiger partial charge is 0.381 e. The second-order valence-electron chi connectivity index (χ2n) is 8.09. The van der Waals surface area contributed by atoms with Gasteiger partial charge >= 0.3 is 0 Å². The van der Waals surface area contributed by atoms with Crippen LogP contribution in [0.5, 0.6) is 0 Å². The maximum atomic E-state index is 12.1. The van der Waals surface area contributed by atoms with E-state index in [0.29, 0.717) is 12.6 Å². The molecule has 6 heteroatoms. The zero-order valence-electron chi connectivity index (χ0n) is 17.3. The lowest BCUT2D eigenvalue weighted by Gasteiger charge is -2.29. The van der Waals surface area contributed by atoms with Gasteiger partial charge in [-0.1, -0.05) is 30.9 Å². The summed E-state index contributed by atoms with van der Waals surface area (Å²) >= 11 is 0. The molecule has 0 aliphatic carbocycles. The Labute approximate surface area is 176 Å². The molecule has 1 fully saturated rings. The van der Waals surface area contributed by atoms with Gasteiger partial charge in [0.15, 0.2) is 0 Å². The third-order valence-corrected chi connectivity index (χ3v) is 6.38. The lowest BCUT2D eigenvalue weighted by atomic mass is 9.96. The van der Waals surface area contributed by atoms with Crippen molar-refractivity contribution in [3.8, 4) is 11.3 Å². The first-order chi connectivity index (χ1) is 14.7. The van der Waals surface area contributed by atoms with E-state index in [1.807, 2.05) is 23.4 Å². The summed E-state index contributed by atoms with van der Waals surface area (Å²) in [6, 6.07) is 6.62. The van der Waals surface area contributed by atoms with E-state index in [-0.39, 0.29) is 5.91 Å². The first-order valence-electron chi connectivity index (χ1n) is 10.6. The van der Waals surface area contributed by atoms with Crippen molar-refractivity contribution in [3.05, 3.63) is 54.0 Å². The number of pyridine rings is 1. The number of amides is 1. The molecule has 3 aromatic rings. The molecule has 2 aliphatic heterocycles. The van der Waals surface area contributed by atoms with Gasteiger partial charge in [-0.05, 0) is 18.2 Å². The van der Waals surface area contributed by atoms with E-state index in [4.69, 9.17) is 9.84 Å². The number of benzene rings is 1. The van der Waals surface area contributed by atoms with E-state index >= 15 is 0 Å². The molecular formula is C24H26N4O2. The fraction of sp³-hybridized carbons (Fsp3) is 0.375. The van der Waals surface area contributed by atoms with Gasteiger partial charge in [-0.2, -0.15) is 5.10 Å². The third-order valence-electron chi connectivity index (χ3n) is 6.38. The molecule has 6 nitrogen and oxygen atoms in total. The average molecular weight is 402 g/mol. The zero-order valence-corrected chi connectivity index (χ0v) is 17.3. The third kappa shape index (κ3) is 3.12. The van der Waals surface area contributed by atoms with E-state index < -0.39 is 0 Å². The van der Waals surface area contributed by atoms with Gasteiger partial charge in [-0.15, -0.1) is 0 Å². The summed E-state index contributed by atoms with van der Waals surface area (Å²) in [6.45, 7) is 8.47. The van der Waals surface area contributed by atoms with Crippen LogP contribution in [0, 0.1) is 0 Å².